The Hall–Kier alpha value is -4.43. The van der Waals surface area contributed by atoms with E-state index in [0.717, 1.165) is 56.0 Å². The van der Waals surface area contributed by atoms with E-state index >= 15 is 0 Å². The Morgan fingerprint density at radius 2 is 1.55 bits per heavy atom. The van der Waals surface area contributed by atoms with E-state index in [1.54, 1.807) is 12.1 Å². The first-order chi connectivity index (χ1) is 19.5. The van der Waals surface area contributed by atoms with Crippen molar-refractivity contribution in [3.63, 3.8) is 0 Å². The number of hydrogen-bond donors (Lipinski definition) is 3. The van der Waals surface area contributed by atoms with E-state index in [2.05, 4.69) is 27.8 Å². The predicted octanol–water partition coefficient (Wildman–Crippen LogP) is 4.54. The van der Waals surface area contributed by atoms with Gasteiger partial charge in [-0.3, -0.25) is 14.4 Å². The van der Waals surface area contributed by atoms with Crippen LogP contribution in [0.5, 0.6) is 0 Å². The van der Waals surface area contributed by atoms with E-state index in [0.29, 0.717) is 34.6 Å². The molecule has 3 aromatic carbocycles. The first-order valence-electron chi connectivity index (χ1n) is 13.9. The fourth-order valence-electron chi connectivity index (χ4n) is 5.08. The van der Waals surface area contributed by atoms with Gasteiger partial charge in [0.15, 0.2) is 0 Å². The number of benzene rings is 3. The van der Waals surface area contributed by atoms with Gasteiger partial charge >= 0.3 is 0 Å². The SMILES string of the molecule is CCCNC(=O)c1ccc2c(c1)NC(=O)/C2=C(\Nc1ccc(C(=O)N2CCN(CC)CC2)cc1)c1ccccc1. The van der Waals surface area contributed by atoms with Crippen LogP contribution < -0.4 is 16.0 Å². The summed E-state index contributed by atoms with van der Waals surface area (Å²) in [5.41, 5.74) is 5.21. The van der Waals surface area contributed by atoms with Crippen molar-refractivity contribution in [3.05, 3.63) is 95.1 Å². The van der Waals surface area contributed by atoms with E-state index in [9.17, 15) is 14.4 Å². The second kappa shape index (κ2) is 12.2. The molecule has 3 amide bonds. The normalized spacial score (nSPS) is 16.2. The zero-order valence-electron chi connectivity index (χ0n) is 23.0. The fourth-order valence-corrected chi connectivity index (χ4v) is 5.08. The van der Waals surface area contributed by atoms with Crippen molar-refractivity contribution in [1.29, 1.82) is 0 Å². The Bertz CT molecular complexity index is 1420. The van der Waals surface area contributed by atoms with Crippen molar-refractivity contribution in [2.75, 3.05) is 49.9 Å². The molecule has 3 N–H and O–H groups in total. The number of likely N-dealkylation sites (N-methyl/N-ethyl adjacent to an activating group) is 1. The minimum Gasteiger partial charge on any atom is -0.354 e. The average Bonchev–Trinajstić information content (AvgIpc) is 3.33. The zero-order chi connectivity index (χ0) is 28.1. The molecule has 0 unspecified atom stereocenters. The summed E-state index contributed by atoms with van der Waals surface area (Å²) in [6, 6.07) is 22.3. The van der Waals surface area contributed by atoms with Gasteiger partial charge in [0.25, 0.3) is 17.7 Å². The highest BCUT2D eigenvalue weighted by atomic mass is 16.2. The molecule has 0 saturated carbocycles. The molecule has 8 nitrogen and oxygen atoms in total. The van der Waals surface area contributed by atoms with Crippen LogP contribution in [0.2, 0.25) is 0 Å². The van der Waals surface area contributed by atoms with Crippen LogP contribution in [0, 0.1) is 0 Å². The third kappa shape index (κ3) is 5.77. The molecule has 0 bridgehead atoms. The van der Waals surface area contributed by atoms with Crippen LogP contribution in [0.3, 0.4) is 0 Å². The molecule has 0 atom stereocenters. The maximum Gasteiger partial charge on any atom is 0.258 e. The van der Waals surface area contributed by atoms with Crippen LogP contribution in [0.1, 0.15) is 52.1 Å². The van der Waals surface area contributed by atoms with E-state index in [-0.39, 0.29) is 17.7 Å². The molecular weight excluding hydrogens is 502 g/mol. The first kappa shape index (κ1) is 27.1. The maximum absolute atomic E-state index is 13.3. The fraction of sp³-hybridized carbons (Fsp3) is 0.281. The van der Waals surface area contributed by atoms with Crippen LogP contribution in [0.4, 0.5) is 11.4 Å². The lowest BCUT2D eigenvalue weighted by atomic mass is 9.98. The summed E-state index contributed by atoms with van der Waals surface area (Å²) < 4.78 is 0. The van der Waals surface area contributed by atoms with Gasteiger partial charge < -0.3 is 25.8 Å². The Kier molecular flexibility index (Phi) is 8.26. The van der Waals surface area contributed by atoms with Gasteiger partial charge in [0, 0.05) is 60.8 Å². The van der Waals surface area contributed by atoms with Gasteiger partial charge in [-0.25, -0.2) is 0 Å². The van der Waals surface area contributed by atoms with Crippen molar-refractivity contribution in [2.45, 2.75) is 20.3 Å². The number of carbonyl (C=O) groups excluding carboxylic acids is 3. The topological polar surface area (TPSA) is 93.8 Å². The highest BCUT2D eigenvalue weighted by Crippen LogP contribution is 2.38. The Morgan fingerprint density at radius 3 is 2.23 bits per heavy atom. The number of piperazine rings is 1. The number of anilines is 2. The summed E-state index contributed by atoms with van der Waals surface area (Å²) in [6.07, 6.45) is 0.845. The number of rotatable bonds is 8. The maximum atomic E-state index is 13.3. The van der Waals surface area contributed by atoms with Crippen LogP contribution in [0.25, 0.3) is 11.3 Å². The molecule has 3 aromatic rings. The second-order valence-electron chi connectivity index (χ2n) is 10.0. The van der Waals surface area contributed by atoms with Gasteiger partial charge in [0.1, 0.15) is 0 Å². The predicted molar refractivity (Wildman–Crippen MR) is 159 cm³/mol. The third-order valence-corrected chi connectivity index (χ3v) is 7.38. The molecule has 0 aromatic heterocycles. The Balaban J connectivity index is 1.43. The lowest BCUT2D eigenvalue weighted by Gasteiger charge is -2.34. The second-order valence-corrected chi connectivity index (χ2v) is 10.0. The molecule has 1 fully saturated rings. The van der Waals surface area contributed by atoms with E-state index in [4.69, 9.17) is 0 Å². The van der Waals surface area contributed by atoms with Crippen LogP contribution in [-0.2, 0) is 4.79 Å². The molecule has 2 heterocycles. The number of carbonyl (C=O) groups is 3. The van der Waals surface area contributed by atoms with Crippen LogP contribution >= 0.6 is 0 Å². The Labute approximate surface area is 235 Å². The lowest BCUT2D eigenvalue weighted by Crippen LogP contribution is -2.48. The van der Waals surface area contributed by atoms with Gasteiger partial charge in [0.2, 0.25) is 0 Å². The molecular formula is C32H35N5O3. The summed E-state index contributed by atoms with van der Waals surface area (Å²) in [5.74, 6) is -0.378. The summed E-state index contributed by atoms with van der Waals surface area (Å²) in [7, 11) is 0. The number of fused-ring (bicyclic) bond motifs is 1. The number of hydrogen-bond acceptors (Lipinski definition) is 5. The molecule has 0 radical (unpaired) electrons. The minimum absolute atomic E-state index is 0.0341. The summed E-state index contributed by atoms with van der Waals surface area (Å²) in [6.45, 7) is 8.98. The highest BCUT2D eigenvalue weighted by Gasteiger charge is 2.29. The van der Waals surface area contributed by atoms with E-state index in [1.165, 1.54) is 0 Å². The van der Waals surface area contributed by atoms with Gasteiger partial charge in [-0.05, 0) is 54.9 Å². The third-order valence-electron chi connectivity index (χ3n) is 7.38. The molecule has 0 aliphatic carbocycles. The van der Waals surface area contributed by atoms with Crippen LogP contribution in [-0.4, -0.2) is 66.8 Å². The summed E-state index contributed by atoms with van der Waals surface area (Å²) in [4.78, 5) is 43.1. The molecule has 2 aliphatic heterocycles. The number of amides is 3. The first-order valence-corrected chi connectivity index (χ1v) is 13.9. The molecule has 0 spiro atoms. The minimum atomic E-state index is -0.245. The zero-order valence-corrected chi connectivity index (χ0v) is 23.0. The quantitative estimate of drug-likeness (QED) is 0.367. The largest absolute Gasteiger partial charge is 0.354 e. The Morgan fingerprint density at radius 1 is 0.850 bits per heavy atom. The highest BCUT2D eigenvalue weighted by molar-refractivity contribution is 6.37. The molecule has 206 valence electrons. The number of nitrogens with zero attached hydrogens (tertiary/aromatic N) is 2. The number of nitrogens with one attached hydrogen (secondary N) is 3. The van der Waals surface area contributed by atoms with Gasteiger partial charge in [-0.15, -0.1) is 0 Å². The monoisotopic (exact) mass is 537 g/mol. The van der Waals surface area contributed by atoms with E-state index in [1.807, 2.05) is 72.5 Å². The van der Waals surface area contributed by atoms with Crippen molar-refractivity contribution in [2.24, 2.45) is 0 Å². The summed E-state index contributed by atoms with van der Waals surface area (Å²) in [5, 5.41) is 9.25. The molecule has 2 aliphatic rings. The van der Waals surface area contributed by atoms with Gasteiger partial charge in [-0.1, -0.05) is 50.2 Å². The van der Waals surface area contributed by atoms with Crippen molar-refractivity contribution >= 4 is 40.4 Å². The average molecular weight is 538 g/mol. The molecule has 40 heavy (non-hydrogen) atoms. The standard InChI is InChI=1S/C32H35N5O3/c1-3-16-33-30(38)24-12-15-26-27(21-24)35-31(39)28(26)29(22-8-6-5-7-9-22)34-25-13-10-23(11-14-25)32(40)37-19-17-36(4-2)18-20-37/h5-15,21,34H,3-4,16-20H2,1-2H3,(H,33,38)(H,35,39)/b29-28-. The van der Waals surface area contributed by atoms with Crippen molar-refractivity contribution < 1.29 is 14.4 Å². The van der Waals surface area contributed by atoms with Crippen molar-refractivity contribution in [3.8, 4) is 0 Å². The van der Waals surface area contributed by atoms with E-state index < -0.39 is 0 Å². The summed E-state index contributed by atoms with van der Waals surface area (Å²) >= 11 is 0. The van der Waals surface area contributed by atoms with Gasteiger partial charge in [-0.2, -0.15) is 0 Å². The smallest absolute Gasteiger partial charge is 0.258 e. The molecule has 1 saturated heterocycles. The molecule has 5 rings (SSSR count). The molecule has 8 heteroatoms. The lowest BCUT2D eigenvalue weighted by molar-refractivity contribution is -0.110. The van der Waals surface area contributed by atoms with Crippen LogP contribution in [0.15, 0.2) is 72.8 Å². The van der Waals surface area contributed by atoms with Gasteiger partial charge in [0.05, 0.1) is 11.3 Å². The van der Waals surface area contributed by atoms with Crippen molar-refractivity contribution in [1.82, 2.24) is 15.1 Å².